The molecule has 9 nitrogen and oxygen atoms in total. The predicted molar refractivity (Wildman–Crippen MR) is 215 cm³/mol. The molecule has 0 fully saturated rings. The van der Waals surface area contributed by atoms with E-state index in [9.17, 15) is 19.0 Å². The van der Waals surface area contributed by atoms with Gasteiger partial charge < -0.3 is 20.1 Å². The molecule has 0 radical (unpaired) electrons. The molecule has 0 saturated heterocycles. The summed E-state index contributed by atoms with van der Waals surface area (Å²) >= 11 is 0. The van der Waals surface area contributed by atoms with E-state index in [2.05, 4.69) is 26.0 Å². The molecule has 2 unspecified atom stereocenters. The number of carbonyl (C=O) groups excluding carboxylic acids is 2. The summed E-state index contributed by atoms with van der Waals surface area (Å²) in [6.07, 6.45) is 40.8. The quantitative estimate of drug-likeness (QED) is 0.0271. The Kier molecular flexibility index (Phi) is 38.1. The van der Waals surface area contributed by atoms with E-state index in [-0.39, 0.29) is 32.6 Å². The maximum Gasteiger partial charge on any atom is 0.472 e. The highest BCUT2D eigenvalue weighted by molar-refractivity contribution is 7.47. The van der Waals surface area contributed by atoms with Gasteiger partial charge in [0.1, 0.15) is 6.61 Å². The van der Waals surface area contributed by atoms with Crippen LogP contribution >= 0.6 is 7.82 Å². The van der Waals surface area contributed by atoms with E-state index < -0.39 is 32.5 Å². The van der Waals surface area contributed by atoms with Gasteiger partial charge in [-0.05, 0) is 32.1 Å². The lowest BCUT2D eigenvalue weighted by Crippen LogP contribution is -2.29. The number of unbranched alkanes of at least 4 members (excludes halogenated alkanes) is 23. The fourth-order valence-corrected chi connectivity index (χ4v) is 6.69. The van der Waals surface area contributed by atoms with E-state index in [1.165, 1.54) is 135 Å². The van der Waals surface area contributed by atoms with Gasteiger partial charge in [0.2, 0.25) is 0 Å². The number of phosphoric ester groups is 1. The molecule has 0 heterocycles. The Morgan fingerprint density at radius 3 is 1.54 bits per heavy atom. The third-order valence-electron chi connectivity index (χ3n) is 9.10. The van der Waals surface area contributed by atoms with E-state index in [1.807, 2.05) is 12.2 Å². The van der Waals surface area contributed by atoms with Crippen molar-refractivity contribution in [3.63, 3.8) is 0 Å². The van der Waals surface area contributed by atoms with E-state index in [0.29, 0.717) is 6.42 Å². The van der Waals surface area contributed by atoms with Crippen molar-refractivity contribution in [2.45, 2.75) is 206 Å². The predicted octanol–water partition coefficient (Wildman–Crippen LogP) is 12.0. The van der Waals surface area contributed by atoms with Gasteiger partial charge in [-0.15, -0.1) is 0 Å². The van der Waals surface area contributed by atoms with Gasteiger partial charge >= 0.3 is 19.8 Å². The molecule has 0 bridgehead atoms. The van der Waals surface area contributed by atoms with Gasteiger partial charge in [-0.1, -0.05) is 179 Å². The minimum atomic E-state index is -4.38. The summed E-state index contributed by atoms with van der Waals surface area (Å²) in [7, 11) is -4.38. The molecule has 0 aromatic heterocycles. The molecule has 0 aromatic carbocycles. The summed E-state index contributed by atoms with van der Waals surface area (Å²) in [5.41, 5.74) is 5.34. The van der Waals surface area contributed by atoms with Crippen molar-refractivity contribution in [3.05, 3.63) is 24.3 Å². The molecule has 2 atom stereocenters. The van der Waals surface area contributed by atoms with Crippen LogP contribution in [0.15, 0.2) is 24.3 Å². The standard InChI is InChI=1S/C42H80NO8P/c1-3-5-7-9-11-13-15-17-19-21-22-24-26-28-30-32-34-41(44)48-38-40(39-50-52(46,47)49-37-36-43)51-42(45)35-33-31-29-27-25-23-20-18-16-14-12-10-8-6-4-2/h23,25,29,31,40H,3-22,24,26-28,30,32-39,43H2,1-2H3,(H,46,47)/b25-23-,31-29-. The van der Waals surface area contributed by atoms with Crippen molar-refractivity contribution >= 4 is 19.8 Å². The first kappa shape index (κ1) is 50.5. The molecule has 0 aromatic rings. The van der Waals surface area contributed by atoms with Crippen molar-refractivity contribution in [1.29, 1.82) is 0 Å². The van der Waals surface area contributed by atoms with Crippen molar-refractivity contribution in [3.8, 4) is 0 Å². The minimum Gasteiger partial charge on any atom is -0.462 e. The van der Waals surface area contributed by atoms with Crippen LogP contribution in [0.2, 0.25) is 0 Å². The van der Waals surface area contributed by atoms with Crippen molar-refractivity contribution in [2.75, 3.05) is 26.4 Å². The topological polar surface area (TPSA) is 134 Å². The normalized spacial score (nSPS) is 13.5. The van der Waals surface area contributed by atoms with Crippen molar-refractivity contribution in [1.82, 2.24) is 0 Å². The van der Waals surface area contributed by atoms with Crippen LogP contribution in [0, 0.1) is 0 Å². The molecule has 0 saturated carbocycles. The third-order valence-corrected chi connectivity index (χ3v) is 10.1. The zero-order valence-corrected chi connectivity index (χ0v) is 34.4. The lowest BCUT2D eigenvalue weighted by Gasteiger charge is -2.19. The van der Waals surface area contributed by atoms with Crippen LogP contribution in [-0.2, 0) is 32.7 Å². The highest BCUT2D eigenvalue weighted by Crippen LogP contribution is 2.43. The van der Waals surface area contributed by atoms with Crippen LogP contribution in [0.4, 0.5) is 0 Å². The molecule has 0 aliphatic heterocycles. The van der Waals surface area contributed by atoms with E-state index in [4.69, 9.17) is 24.3 Å². The maximum absolute atomic E-state index is 12.5. The molecular weight excluding hydrogens is 677 g/mol. The number of carbonyl (C=O) groups is 2. The molecule has 0 aliphatic rings. The first-order valence-corrected chi connectivity index (χ1v) is 22.8. The molecule has 3 N–H and O–H groups in total. The molecular formula is C42H80NO8P. The molecule has 0 rings (SSSR count). The second-order valence-corrected chi connectivity index (χ2v) is 15.7. The van der Waals surface area contributed by atoms with E-state index in [1.54, 1.807) is 0 Å². The van der Waals surface area contributed by atoms with Gasteiger partial charge in [-0.25, -0.2) is 4.57 Å². The Bertz CT molecular complexity index is 912. The molecule has 0 spiro atoms. The molecule has 0 amide bonds. The molecule has 10 heteroatoms. The number of nitrogens with two attached hydrogens (primary N) is 1. The number of ether oxygens (including phenoxy) is 2. The Morgan fingerprint density at radius 1 is 0.577 bits per heavy atom. The van der Waals surface area contributed by atoms with Crippen LogP contribution < -0.4 is 5.73 Å². The Labute approximate surface area is 319 Å². The maximum atomic E-state index is 12.5. The summed E-state index contributed by atoms with van der Waals surface area (Å²) in [5.74, 6) is -0.899. The largest absolute Gasteiger partial charge is 0.472 e. The Balaban J connectivity index is 4.21. The third kappa shape index (κ3) is 38.2. The Morgan fingerprint density at radius 2 is 1.04 bits per heavy atom. The number of rotatable bonds is 40. The zero-order valence-electron chi connectivity index (χ0n) is 33.6. The summed E-state index contributed by atoms with van der Waals surface area (Å²) in [6.45, 7) is 3.68. The molecule has 306 valence electrons. The SMILES string of the molecule is CCCCCCCCCC/C=C\C/C=C\CCC(=O)OC(COC(=O)CCCCCCCCCCCCCCCCCC)COP(=O)(O)OCCN. The number of esters is 2. The number of phosphoric acid groups is 1. The average molecular weight is 758 g/mol. The average Bonchev–Trinajstić information content (AvgIpc) is 3.13. The van der Waals surface area contributed by atoms with Crippen LogP contribution in [0.25, 0.3) is 0 Å². The van der Waals surface area contributed by atoms with Gasteiger partial charge in [0.05, 0.1) is 13.2 Å². The lowest BCUT2D eigenvalue weighted by molar-refractivity contribution is -0.161. The van der Waals surface area contributed by atoms with Crippen molar-refractivity contribution in [2.24, 2.45) is 5.73 Å². The minimum absolute atomic E-state index is 0.0475. The first-order valence-electron chi connectivity index (χ1n) is 21.3. The summed E-state index contributed by atoms with van der Waals surface area (Å²) < 4.78 is 32.7. The van der Waals surface area contributed by atoms with Crippen LogP contribution in [0.5, 0.6) is 0 Å². The summed E-state index contributed by atoms with van der Waals surface area (Å²) in [6, 6.07) is 0. The summed E-state index contributed by atoms with van der Waals surface area (Å²) in [5, 5.41) is 0. The summed E-state index contributed by atoms with van der Waals surface area (Å²) in [4.78, 5) is 34.8. The number of hydrogen-bond acceptors (Lipinski definition) is 8. The smallest absolute Gasteiger partial charge is 0.462 e. The van der Waals surface area contributed by atoms with E-state index >= 15 is 0 Å². The Hall–Kier alpha value is -1.51. The van der Waals surface area contributed by atoms with Crippen LogP contribution in [0.3, 0.4) is 0 Å². The monoisotopic (exact) mass is 758 g/mol. The second kappa shape index (κ2) is 39.2. The number of allylic oxidation sites excluding steroid dienone is 4. The fourth-order valence-electron chi connectivity index (χ4n) is 5.92. The van der Waals surface area contributed by atoms with Crippen LogP contribution in [0.1, 0.15) is 200 Å². The van der Waals surface area contributed by atoms with Crippen LogP contribution in [-0.4, -0.2) is 49.3 Å². The second-order valence-electron chi connectivity index (χ2n) is 14.2. The first-order chi connectivity index (χ1) is 25.3. The van der Waals surface area contributed by atoms with Gasteiger partial charge in [0, 0.05) is 19.4 Å². The van der Waals surface area contributed by atoms with Gasteiger partial charge in [0.15, 0.2) is 6.10 Å². The highest BCUT2D eigenvalue weighted by Gasteiger charge is 2.25. The molecule has 52 heavy (non-hydrogen) atoms. The lowest BCUT2D eigenvalue weighted by atomic mass is 10.0. The van der Waals surface area contributed by atoms with Gasteiger partial charge in [0.25, 0.3) is 0 Å². The number of hydrogen-bond donors (Lipinski definition) is 2. The van der Waals surface area contributed by atoms with Gasteiger partial charge in [-0.3, -0.25) is 18.6 Å². The highest BCUT2D eigenvalue weighted by atomic mass is 31.2. The zero-order chi connectivity index (χ0) is 38.2. The van der Waals surface area contributed by atoms with E-state index in [0.717, 1.165) is 32.1 Å². The van der Waals surface area contributed by atoms with Gasteiger partial charge in [-0.2, -0.15) is 0 Å². The van der Waals surface area contributed by atoms with Crippen molar-refractivity contribution < 1.29 is 37.6 Å². The molecule has 0 aliphatic carbocycles. The fraction of sp³-hybridized carbons (Fsp3) is 0.857.